The van der Waals surface area contributed by atoms with Crippen LogP contribution in [0.3, 0.4) is 0 Å². The maximum Gasteiger partial charge on any atom is 0.294 e. The number of hydrogen-bond acceptors (Lipinski definition) is 5. The lowest BCUT2D eigenvalue weighted by Gasteiger charge is -2.11. The van der Waals surface area contributed by atoms with Crippen molar-refractivity contribution in [3.05, 3.63) is 36.0 Å². The topological polar surface area (TPSA) is 119 Å². The number of carbonyl (C=O) groups is 1. The monoisotopic (exact) mass is 335 g/mol. The first-order valence-electron chi connectivity index (χ1n) is 7.15. The predicted molar refractivity (Wildman–Crippen MR) is 84.0 cm³/mol. The zero-order valence-corrected chi connectivity index (χ0v) is 13.1. The van der Waals surface area contributed by atoms with Gasteiger partial charge in [-0.15, -0.1) is 0 Å². The summed E-state index contributed by atoms with van der Waals surface area (Å²) >= 11 is 0. The molecule has 1 aliphatic carbocycles. The molecule has 1 fully saturated rings. The molecule has 1 aliphatic rings. The Morgan fingerprint density at radius 1 is 1.35 bits per heavy atom. The summed E-state index contributed by atoms with van der Waals surface area (Å²) in [5.41, 5.74) is 0.232. The Balaban J connectivity index is 2.07. The smallest absolute Gasteiger partial charge is 0.294 e. The number of carbonyl (C=O) groups excluding carboxylic acids is 1. The summed E-state index contributed by atoms with van der Waals surface area (Å²) in [4.78, 5) is 11.7. The molecule has 0 unspecified atom stereocenters. The van der Waals surface area contributed by atoms with Crippen molar-refractivity contribution in [2.45, 2.75) is 36.6 Å². The van der Waals surface area contributed by atoms with E-state index in [-0.39, 0.29) is 16.5 Å². The maximum atomic E-state index is 12.0. The molecule has 7 nitrogen and oxygen atoms in total. The van der Waals surface area contributed by atoms with Gasteiger partial charge in [0.25, 0.3) is 16.0 Å². The number of benzene rings is 1. The van der Waals surface area contributed by atoms with Gasteiger partial charge in [-0.05, 0) is 31.0 Å². The fourth-order valence-electron chi connectivity index (χ4n) is 2.38. The molecule has 0 radical (unpaired) electrons. The van der Waals surface area contributed by atoms with E-state index in [1.54, 1.807) is 6.07 Å². The number of nitriles is 1. The molecule has 1 aromatic carbocycles. The molecule has 23 heavy (non-hydrogen) atoms. The van der Waals surface area contributed by atoms with E-state index in [0.717, 1.165) is 25.7 Å². The highest BCUT2D eigenvalue weighted by atomic mass is 32.2. The minimum atomic E-state index is -4.31. The Labute approximate surface area is 134 Å². The van der Waals surface area contributed by atoms with E-state index in [9.17, 15) is 13.2 Å². The maximum absolute atomic E-state index is 12.0. The van der Waals surface area contributed by atoms with Gasteiger partial charge in [-0.25, -0.2) is 0 Å². The van der Waals surface area contributed by atoms with E-state index in [0.29, 0.717) is 5.69 Å². The van der Waals surface area contributed by atoms with Gasteiger partial charge in [0.05, 0.1) is 4.90 Å². The zero-order chi connectivity index (χ0) is 16.9. The SMILES string of the molecule is N#C/C(=C/Nc1cccc(S(=O)(=O)O)c1)C(=O)NC1CCCC1. The summed E-state index contributed by atoms with van der Waals surface area (Å²) in [6, 6.07) is 7.34. The molecule has 1 amide bonds. The van der Waals surface area contributed by atoms with Crippen molar-refractivity contribution in [3.8, 4) is 6.07 Å². The van der Waals surface area contributed by atoms with Gasteiger partial charge < -0.3 is 10.6 Å². The van der Waals surface area contributed by atoms with Crippen LogP contribution in [0.1, 0.15) is 25.7 Å². The highest BCUT2D eigenvalue weighted by Gasteiger charge is 2.19. The molecule has 0 spiro atoms. The van der Waals surface area contributed by atoms with Crippen LogP contribution in [0.2, 0.25) is 0 Å². The Hall–Kier alpha value is -2.37. The Kier molecular flexibility index (Phi) is 5.36. The van der Waals surface area contributed by atoms with Crippen LogP contribution < -0.4 is 10.6 Å². The van der Waals surface area contributed by atoms with Crippen LogP contribution in [-0.2, 0) is 14.9 Å². The third-order valence-corrected chi connectivity index (χ3v) is 4.42. The fourth-order valence-corrected chi connectivity index (χ4v) is 2.91. The van der Waals surface area contributed by atoms with Gasteiger partial charge in [-0.1, -0.05) is 18.9 Å². The molecule has 1 aromatic rings. The van der Waals surface area contributed by atoms with Crippen LogP contribution in [0.25, 0.3) is 0 Å². The van der Waals surface area contributed by atoms with Crippen LogP contribution in [0.15, 0.2) is 40.9 Å². The third-order valence-electron chi connectivity index (χ3n) is 3.57. The highest BCUT2D eigenvalue weighted by molar-refractivity contribution is 7.85. The summed E-state index contributed by atoms with van der Waals surface area (Å²) in [6.45, 7) is 0. The summed E-state index contributed by atoms with van der Waals surface area (Å²) in [6.07, 6.45) is 5.17. The molecule has 1 saturated carbocycles. The summed E-state index contributed by atoms with van der Waals surface area (Å²) in [7, 11) is -4.31. The van der Waals surface area contributed by atoms with Crippen LogP contribution >= 0.6 is 0 Å². The molecular formula is C15H17N3O4S. The average molecular weight is 335 g/mol. The van der Waals surface area contributed by atoms with Crippen molar-refractivity contribution < 1.29 is 17.8 Å². The van der Waals surface area contributed by atoms with E-state index in [1.165, 1.54) is 24.4 Å². The largest absolute Gasteiger partial charge is 0.360 e. The fraction of sp³-hybridized carbons (Fsp3) is 0.333. The van der Waals surface area contributed by atoms with E-state index >= 15 is 0 Å². The predicted octanol–water partition coefficient (Wildman–Crippen LogP) is 1.81. The van der Waals surface area contributed by atoms with Crippen molar-refractivity contribution in [2.75, 3.05) is 5.32 Å². The third kappa shape index (κ3) is 4.81. The van der Waals surface area contributed by atoms with Crippen molar-refractivity contribution >= 4 is 21.7 Å². The van der Waals surface area contributed by atoms with Gasteiger partial charge in [-0.2, -0.15) is 13.7 Å². The normalized spacial score (nSPS) is 15.9. The molecule has 0 aliphatic heterocycles. The number of rotatable bonds is 5. The quantitative estimate of drug-likeness (QED) is 0.429. The lowest BCUT2D eigenvalue weighted by atomic mass is 10.2. The van der Waals surface area contributed by atoms with Gasteiger partial charge in [0.1, 0.15) is 11.6 Å². The Bertz CT molecular complexity index is 759. The van der Waals surface area contributed by atoms with E-state index in [4.69, 9.17) is 9.81 Å². The van der Waals surface area contributed by atoms with E-state index < -0.39 is 16.0 Å². The van der Waals surface area contributed by atoms with Gasteiger partial charge in [0.2, 0.25) is 0 Å². The van der Waals surface area contributed by atoms with Crippen LogP contribution in [0.4, 0.5) is 5.69 Å². The summed E-state index contributed by atoms with van der Waals surface area (Å²) < 4.78 is 31.2. The highest BCUT2D eigenvalue weighted by Crippen LogP contribution is 2.18. The molecule has 3 N–H and O–H groups in total. The lowest BCUT2D eigenvalue weighted by Crippen LogP contribution is -2.33. The molecule has 122 valence electrons. The molecular weight excluding hydrogens is 318 g/mol. The number of nitrogens with one attached hydrogen (secondary N) is 2. The Morgan fingerprint density at radius 3 is 2.65 bits per heavy atom. The number of hydrogen-bond donors (Lipinski definition) is 3. The van der Waals surface area contributed by atoms with Gasteiger partial charge >= 0.3 is 0 Å². The van der Waals surface area contributed by atoms with Crippen molar-refractivity contribution in [1.82, 2.24) is 5.32 Å². The van der Waals surface area contributed by atoms with Crippen molar-refractivity contribution in [1.29, 1.82) is 5.26 Å². The van der Waals surface area contributed by atoms with Crippen LogP contribution in [0, 0.1) is 11.3 Å². The Morgan fingerprint density at radius 2 is 2.04 bits per heavy atom. The molecule has 2 rings (SSSR count). The van der Waals surface area contributed by atoms with Gasteiger partial charge in [0, 0.05) is 17.9 Å². The molecule has 0 saturated heterocycles. The second-order valence-electron chi connectivity index (χ2n) is 5.27. The minimum Gasteiger partial charge on any atom is -0.360 e. The number of nitrogens with zero attached hydrogens (tertiary/aromatic N) is 1. The minimum absolute atomic E-state index is 0.0992. The van der Waals surface area contributed by atoms with Gasteiger partial charge in [-0.3, -0.25) is 9.35 Å². The average Bonchev–Trinajstić information content (AvgIpc) is 3.00. The molecule has 0 atom stereocenters. The standard InChI is InChI=1S/C15H17N3O4S/c16-9-11(15(19)18-12-4-1-2-5-12)10-17-13-6-3-7-14(8-13)23(20,21)22/h3,6-8,10,12,17H,1-2,4-5H2,(H,18,19)(H,20,21,22)/b11-10-. The first-order chi connectivity index (χ1) is 10.9. The molecule has 0 bridgehead atoms. The molecule has 0 heterocycles. The van der Waals surface area contributed by atoms with Crippen LogP contribution in [0.5, 0.6) is 0 Å². The van der Waals surface area contributed by atoms with Crippen molar-refractivity contribution in [3.63, 3.8) is 0 Å². The lowest BCUT2D eigenvalue weighted by molar-refractivity contribution is -0.117. The molecule has 0 aromatic heterocycles. The first-order valence-corrected chi connectivity index (χ1v) is 8.59. The van der Waals surface area contributed by atoms with Gasteiger partial charge in [0.15, 0.2) is 0 Å². The second kappa shape index (κ2) is 7.26. The van der Waals surface area contributed by atoms with Crippen molar-refractivity contribution in [2.24, 2.45) is 0 Å². The summed E-state index contributed by atoms with van der Waals surface area (Å²) in [5.74, 6) is -0.460. The zero-order valence-electron chi connectivity index (χ0n) is 12.3. The van der Waals surface area contributed by atoms with E-state index in [2.05, 4.69) is 10.6 Å². The van der Waals surface area contributed by atoms with E-state index in [1.807, 2.05) is 6.07 Å². The first kappa shape index (κ1) is 17.0. The summed E-state index contributed by atoms with van der Waals surface area (Å²) in [5, 5.41) is 14.6. The number of anilines is 1. The second-order valence-corrected chi connectivity index (χ2v) is 6.69. The van der Waals surface area contributed by atoms with Crippen LogP contribution in [-0.4, -0.2) is 24.9 Å². The number of amides is 1. The molecule has 8 heteroatoms.